The maximum absolute atomic E-state index is 4.68. The average molecular weight is 254 g/mol. The molecule has 0 bridgehead atoms. The van der Waals surface area contributed by atoms with Gasteiger partial charge < -0.3 is 10.6 Å². The zero-order valence-electron chi connectivity index (χ0n) is 10.8. The molecular formula is C15H18N4. The maximum Gasteiger partial charge on any atom is 0.126 e. The molecule has 1 aliphatic heterocycles. The zero-order valence-corrected chi connectivity index (χ0v) is 10.8. The van der Waals surface area contributed by atoms with Crippen molar-refractivity contribution in [3.05, 3.63) is 54.0 Å². The molecule has 1 aliphatic rings. The van der Waals surface area contributed by atoms with Crippen molar-refractivity contribution in [2.24, 2.45) is 0 Å². The second-order valence-electron chi connectivity index (χ2n) is 4.81. The zero-order chi connectivity index (χ0) is 12.9. The molecule has 4 nitrogen and oxygen atoms in total. The maximum atomic E-state index is 4.68. The number of anilines is 1. The van der Waals surface area contributed by atoms with Crippen molar-refractivity contribution in [2.45, 2.75) is 25.4 Å². The third-order valence-corrected chi connectivity index (χ3v) is 3.38. The molecule has 3 heterocycles. The van der Waals surface area contributed by atoms with Crippen molar-refractivity contribution >= 4 is 5.82 Å². The largest absolute Gasteiger partial charge is 0.366 e. The minimum atomic E-state index is 0.417. The van der Waals surface area contributed by atoms with E-state index in [0.29, 0.717) is 6.04 Å². The van der Waals surface area contributed by atoms with Gasteiger partial charge in [-0.05, 0) is 43.1 Å². The second-order valence-corrected chi connectivity index (χ2v) is 4.81. The number of nitrogens with one attached hydrogen (secondary N) is 2. The van der Waals surface area contributed by atoms with Gasteiger partial charge >= 0.3 is 0 Å². The lowest BCUT2D eigenvalue weighted by molar-refractivity contribution is 0.628. The molecule has 0 radical (unpaired) electrons. The van der Waals surface area contributed by atoms with E-state index in [9.17, 15) is 0 Å². The molecule has 0 amide bonds. The predicted molar refractivity (Wildman–Crippen MR) is 75.8 cm³/mol. The lowest BCUT2D eigenvalue weighted by atomic mass is 10.1. The predicted octanol–water partition coefficient (Wildman–Crippen LogP) is 2.51. The van der Waals surface area contributed by atoms with Crippen LogP contribution in [0.25, 0.3) is 0 Å². The van der Waals surface area contributed by atoms with E-state index in [-0.39, 0.29) is 0 Å². The van der Waals surface area contributed by atoms with Crippen molar-refractivity contribution in [1.82, 2.24) is 15.3 Å². The van der Waals surface area contributed by atoms with Crippen molar-refractivity contribution in [1.29, 1.82) is 0 Å². The van der Waals surface area contributed by atoms with Gasteiger partial charge in [-0.1, -0.05) is 12.1 Å². The molecule has 0 spiro atoms. The van der Waals surface area contributed by atoms with Crippen LogP contribution >= 0.6 is 0 Å². The highest BCUT2D eigenvalue weighted by atomic mass is 15.0. The van der Waals surface area contributed by atoms with Crippen LogP contribution in [-0.2, 0) is 6.54 Å². The Kier molecular flexibility index (Phi) is 3.70. The Morgan fingerprint density at radius 1 is 1.26 bits per heavy atom. The molecule has 0 aliphatic carbocycles. The molecular weight excluding hydrogens is 236 g/mol. The van der Waals surface area contributed by atoms with Gasteiger partial charge in [0.25, 0.3) is 0 Å². The minimum Gasteiger partial charge on any atom is -0.366 e. The van der Waals surface area contributed by atoms with Crippen molar-refractivity contribution in [2.75, 3.05) is 11.9 Å². The lowest BCUT2D eigenvalue weighted by Crippen LogP contribution is -2.14. The van der Waals surface area contributed by atoms with E-state index in [1.165, 1.54) is 12.8 Å². The summed E-state index contributed by atoms with van der Waals surface area (Å²) in [5, 5.41) is 6.82. The van der Waals surface area contributed by atoms with Gasteiger partial charge in [-0.25, -0.2) is 4.98 Å². The van der Waals surface area contributed by atoms with E-state index in [0.717, 1.165) is 30.2 Å². The molecule has 0 saturated carbocycles. The molecule has 19 heavy (non-hydrogen) atoms. The fourth-order valence-electron chi connectivity index (χ4n) is 2.38. The van der Waals surface area contributed by atoms with Gasteiger partial charge in [0.05, 0.1) is 5.69 Å². The summed E-state index contributed by atoms with van der Waals surface area (Å²) in [7, 11) is 0. The van der Waals surface area contributed by atoms with E-state index >= 15 is 0 Å². The highest BCUT2D eigenvalue weighted by Gasteiger charge is 2.17. The molecule has 1 atom stereocenters. The van der Waals surface area contributed by atoms with E-state index in [4.69, 9.17) is 0 Å². The van der Waals surface area contributed by atoms with Gasteiger partial charge in [-0.2, -0.15) is 0 Å². The van der Waals surface area contributed by atoms with Gasteiger partial charge in [0.1, 0.15) is 5.82 Å². The molecule has 2 aromatic heterocycles. The summed E-state index contributed by atoms with van der Waals surface area (Å²) >= 11 is 0. The van der Waals surface area contributed by atoms with E-state index < -0.39 is 0 Å². The SMILES string of the molecule is c1cncc(CNc2cccc(C3CCCN3)n2)c1. The first-order valence-corrected chi connectivity index (χ1v) is 6.75. The second kappa shape index (κ2) is 5.80. The Balaban J connectivity index is 1.66. The summed E-state index contributed by atoms with van der Waals surface area (Å²) in [4.78, 5) is 8.78. The Morgan fingerprint density at radius 3 is 3.05 bits per heavy atom. The number of rotatable bonds is 4. The van der Waals surface area contributed by atoms with Gasteiger partial charge in [0.15, 0.2) is 0 Å². The van der Waals surface area contributed by atoms with Crippen molar-refractivity contribution in [3.63, 3.8) is 0 Å². The summed E-state index contributed by atoms with van der Waals surface area (Å²) in [6, 6.07) is 10.6. The van der Waals surface area contributed by atoms with Crippen LogP contribution in [0.1, 0.15) is 30.1 Å². The van der Waals surface area contributed by atoms with Crippen LogP contribution in [0.3, 0.4) is 0 Å². The summed E-state index contributed by atoms with van der Waals surface area (Å²) in [6.07, 6.45) is 6.07. The van der Waals surface area contributed by atoms with Crippen molar-refractivity contribution < 1.29 is 0 Å². The molecule has 1 unspecified atom stereocenters. The average Bonchev–Trinajstić information content (AvgIpc) is 3.01. The Morgan fingerprint density at radius 2 is 2.26 bits per heavy atom. The standard InChI is InChI=1S/C15H18N4/c1-5-14(13-6-3-9-17-13)19-15(7-1)18-11-12-4-2-8-16-10-12/h1-2,4-5,7-8,10,13,17H,3,6,9,11H2,(H,18,19). The highest BCUT2D eigenvalue weighted by Crippen LogP contribution is 2.22. The summed E-state index contributed by atoms with van der Waals surface area (Å²) in [5.41, 5.74) is 2.29. The van der Waals surface area contributed by atoms with Gasteiger partial charge in [0.2, 0.25) is 0 Å². The number of nitrogens with zero attached hydrogens (tertiary/aromatic N) is 2. The Hall–Kier alpha value is -1.94. The molecule has 3 rings (SSSR count). The first-order chi connectivity index (χ1) is 9.42. The first-order valence-electron chi connectivity index (χ1n) is 6.75. The Bertz CT molecular complexity index is 521. The van der Waals surface area contributed by atoms with Crippen LogP contribution in [0.5, 0.6) is 0 Å². The van der Waals surface area contributed by atoms with Gasteiger partial charge in [-0.3, -0.25) is 4.98 Å². The minimum absolute atomic E-state index is 0.417. The fraction of sp³-hybridized carbons (Fsp3) is 0.333. The third-order valence-electron chi connectivity index (χ3n) is 3.38. The number of aromatic nitrogens is 2. The lowest BCUT2D eigenvalue weighted by Gasteiger charge is -2.12. The number of hydrogen-bond acceptors (Lipinski definition) is 4. The van der Waals surface area contributed by atoms with Crippen LogP contribution in [0, 0.1) is 0 Å². The van der Waals surface area contributed by atoms with Crippen molar-refractivity contribution in [3.8, 4) is 0 Å². The van der Waals surface area contributed by atoms with Gasteiger partial charge in [0, 0.05) is 25.0 Å². The fourth-order valence-corrected chi connectivity index (χ4v) is 2.38. The molecule has 2 aromatic rings. The van der Waals surface area contributed by atoms with Gasteiger partial charge in [-0.15, -0.1) is 0 Å². The summed E-state index contributed by atoms with van der Waals surface area (Å²) in [6.45, 7) is 1.85. The van der Waals surface area contributed by atoms with E-state index in [1.807, 2.05) is 18.3 Å². The molecule has 4 heteroatoms. The van der Waals surface area contributed by atoms with Crippen LogP contribution in [-0.4, -0.2) is 16.5 Å². The normalized spacial score (nSPS) is 18.4. The molecule has 98 valence electrons. The summed E-state index contributed by atoms with van der Waals surface area (Å²) < 4.78 is 0. The molecule has 2 N–H and O–H groups in total. The first kappa shape index (κ1) is 12.1. The molecule has 1 fully saturated rings. The van der Waals surface area contributed by atoms with Crippen LogP contribution in [0.15, 0.2) is 42.7 Å². The monoisotopic (exact) mass is 254 g/mol. The summed E-state index contributed by atoms with van der Waals surface area (Å²) in [5.74, 6) is 0.926. The smallest absolute Gasteiger partial charge is 0.126 e. The molecule has 0 aromatic carbocycles. The van der Waals surface area contributed by atoms with Crippen LogP contribution in [0.4, 0.5) is 5.82 Å². The van der Waals surface area contributed by atoms with E-state index in [1.54, 1.807) is 6.20 Å². The molecule has 1 saturated heterocycles. The van der Waals surface area contributed by atoms with Crippen LogP contribution < -0.4 is 10.6 Å². The highest BCUT2D eigenvalue weighted by molar-refractivity contribution is 5.37. The third kappa shape index (κ3) is 3.09. The number of hydrogen-bond donors (Lipinski definition) is 2. The topological polar surface area (TPSA) is 49.8 Å². The number of pyridine rings is 2. The van der Waals surface area contributed by atoms with E-state index in [2.05, 4.69) is 38.8 Å². The Labute approximate surface area is 113 Å². The quantitative estimate of drug-likeness (QED) is 0.880. The van der Waals surface area contributed by atoms with Crippen LogP contribution in [0.2, 0.25) is 0 Å².